The van der Waals surface area contributed by atoms with Crippen LogP contribution in [0.4, 0.5) is 5.69 Å². The zero-order valence-corrected chi connectivity index (χ0v) is 17.8. The molecule has 0 atom stereocenters. The molecule has 0 aliphatic rings. The second kappa shape index (κ2) is 9.56. The first kappa shape index (κ1) is 21.5. The summed E-state index contributed by atoms with van der Waals surface area (Å²) < 4.78 is 25.7. The summed E-state index contributed by atoms with van der Waals surface area (Å²) in [5, 5.41) is 4.51. The molecule has 0 saturated heterocycles. The highest BCUT2D eigenvalue weighted by Crippen LogP contribution is 2.20. The molecule has 1 N–H and O–H groups in total. The Kier molecular flexibility index (Phi) is 6.87. The molecule has 0 aliphatic carbocycles. The predicted octanol–water partition coefficient (Wildman–Crippen LogP) is 4.07. The minimum Gasteiger partial charge on any atom is -0.267 e. The topological polar surface area (TPSA) is 78.8 Å². The van der Waals surface area contributed by atoms with Crippen LogP contribution in [0.1, 0.15) is 21.5 Å². The van der Waals surface area contributed by atoms with E-state index < -0.39 is 10.0 Å². The third kappa shape index (κ3) is 5.92. The quantitative estimate of drug-likeness (QED) is 0.443. The van der Waals surface area contributed by atoms with Gasteiger partial charge in [-0.15, -0.1) is 0 Å². The van der Waals surface area contributed by atoms with E-state index in [2.05, 4.69) is 10.5 Å². The number of nitrogens with one attached hydrogen (secondary N) is 1. The maximum absolute atomic E-state index is 12.3. The van der Waals surface area contributed by atoms with Crippen LogP contribution in [0, 0.1) is 0 Å². The molecule has 3 aromatic carbocycles. The van der Waals surface area contributed by atoms with E-state index in [9.17, 15) is 13.2 Å². The number of rotatable bonds is 7. The molecular weight excluding hydrogens is 422 g/mol. The van der Waals surface area contributed by atoms with Gasteiger partial charge in [0.2, 0.25) is 10.0 Å². The van der Waals surface area contributed by atoms with Gasteiger partial charge < -0.3 is 0 Å². The molecule has 0 aromatic heterocycles. The first-order chi connectivity index (χ1) is 14.3. The van der Waals surface area contributed by atoms with Gasteiger partial charge in [0.15, 0.2) is 0 Å². The Bertz CT molecular complexity index is 1150. The Morgan fingerprint density at radius 3 is 2.37 bits per heavy atom. The lowest BCUT2D eigenvalue weighted by Crippen LogP contribution is -2.29. The third-order valence-corrected chi connectivity index (χ3v) is 5.59. The standard InChI is InChI=1S/C22H20ClN3O3S/c1-30(28,29)26(21-8-3-2-4-9-21)16-17-10-12-19(13-11-17)22(27)25-24-15-18-6-5-7-20(23)14-18/h2-15H,16H2,1H3,(H,25,27)/b24-15-. The summed E-state index contributed by atoms with van der Waals surface area (Å²) in [6.45, 7) is 0.164. The van der Waals surface area contributed by atoms with Crippen LogP contribution in [0.5, 0.6) is 0 Å². The van der Waals surface area contributed by atoms with Crippen molar-refractivity contribution in [1.29, 1.82) is 0 Å². The van der Waals surface area contributed by atoms with Gasteiger partial charge in [-0.05, 0) is 47.5 Å². The maximum atomic E-state index is 12.3. The summed E-state index contributed by atoms with van der Waals surface area (Å²) in [6, 6.07) is 22.6. The lowest BCUT2D eigenvalue weighted by molar-refractivity contribution is 0.0955. The number of carbonyl (C=O) groups is 1. The molecule has 30 heavy (non-hydrogen) atoms. The third-order valence-electron chi connectivity index (χ3n) is 4.22. The summed E-state index contributed by atoms with van der Waals surface area (Å²) >= 11 is 5.91. The number of hydrogen-bond acceptors (Lipinski definition) is 4. The highest BCUT2D eigenvalue weighted by Gasteiger charge is 2.17. The number of carbonyl (C=O) groups excluding carboxylic acids is 1. The fraction of sp³-hybridized carbons (Fsp3) is 0.0909. The first-order valence-electron chi connectivity index (χ1n) is 9.03. The van der Waals surface area contributed by atoms with Gasteiger partial charge in [-0.25, -0.2) is 13.8 Å². The highest BCUT2D eigenvalue weighted by molar-refractivity contribution is 7.92. The number of hydrogen-bond donors (Lipinski definition) is 1. The predicted molar refractivity (Wildman–Crippen MR) is 120 cm³/mol. The van der Waals surface area contributed by atoms with Crippen LogP contribution in [-0.4, -0.2) is 26.8 Å². The van der Waals surface area contributed by atoms with Gasteiger partial charge in [-0.3, -0.25) is 9.10 Å². The van der Waals surface area contributed by atoms with E-state index in [0.717, 1.165) is 11.1 Å². The monoisotopic (exact) mass is 441 g/mol. The minimum atomic E-state index is -3.46. The molecule has 154 valence electrons. The average molecular weight is 442 g/mol. The number of anilines is 1. The summed E-state index contributed by atoms with van der Waals surface area (Å²) in [7, 11) is -3.46. The van der Waals surface area contributed by atoms with Crippen LogP contribution in [0.25, 0.3) is 0 Å². The van der Waals surface area contributed by atoms with Crippen molar-refractivity contribution in [3.63, 3.8) is 0 Å². The van der Waals surface area contributed by atoms with E-state index in [4.69, 9.17) is 11.6 Å². The number of benzene rings is 3. The fourth-order valence-corrected chi connectivity index (χ4v) is 3.83. The lowest BCUT2D eigenvalue weighted by Gasteiger charge is -2.22. The second-order valence-electron chi connectivity index (χ2n) is 6.56. The largest absolute Gasteiger partial charge is 0.271 e. The van der Waals surface area contributed by atoms with Crippen LogP contribution in [0.15, 0.2) is 84.0 Å². The molecule has 0 unspecified atom stereocenters. The normalized spacial score (nSPS) is 11.4. The minimum absolute atomic E-state index is 0.164. The van der Waals surface area contributed by atoms with Crippen molar-refractivity contribution < 1.29 is 13.2 Å². The van der Waals surface area contributed by atoms with Crippen LogP contribution in [-0.2, 0) is 16.6 Å². The molecule has 8 heteroatoms. The van der Waals surface area contributed by atoms with Crippen LogP contribution < -0.4 is 9.73 Å². The molecule has 0 saturated carbocycles. The Labute approximate surface area is 180 Å². The Morgan fingerprint density at radius 2 is 1.73 bits per heavy atom. The van der Waals surface area contributed by atoms with Crippen molar-refractivity contribution in [3.05, 3.63) is 101 Å². The molecule has 0 radical (unpaired) electrons. The van der Waals surface area contributed by atoms with Crippen molar-refractivity contribution in [1.82, 2.24) is 5.43 Å². The number of amides is 1. The molecule has 0 bridgehead atoms. The zero-order valence-electron chi connectivity index (χ0n) is 16.2. The molecule has 0 aliphatic heterocycles. The fourth-order valence-electron chi connectivity index (χ4n) is 2.74. The Balaban J connectivity index is 1.67. The van der Waals surface area contributed by atoms with Gasteiger partial charge in [-0.2, -0.15) is 5.10 Å². The first-order valence-corrected chi connectivity index (χ1v) is 11.3. The van der Waals surface area contributed by atoms with Crippen molar-refractivity contribution >= 4 is 39.4 Å². The molecule has 1 amide bonds. The van der Waals surface area contributed by atoms with Gasteiger partial charge in [0.1, 0.15) is 0 Å². The highest BCUT2D eigenvalue weighted by atomic mass is 35.5. The van der Waals surface area contributed by atoms with E-state index in [0.29, 0.717) is 16.3 Å². The van der Waals surface area contributed by atoms with Gasteiger partial charge in [-0.1, -0.05) is 54.1 Å². The number of para-hydroxylation sites is 1. The smallest absolute Gasteiger partial charge is 0.267 e. The van der Waals surface area contributed by atoms with Crippen molar-refractivity contribution in [2.45, 2.75) is 6.54 Å². The van der Waals surface area contributed by atoms with Crippen LogP contribution in [0.2, 0.25) is 5.02 Å². The van der Waals surface area contributed by atoms with E-state index >= 15 is 0 Å². The number of halogens is 1. The van der Waals surface area contributed by atoms with Gasteiger partial charge in [0, 0.05) is 10.6 Å². The molecular formula is C22H20ClN3O3S. The average Bonchev–Trinajstić information content (AvgIpc) is 2.72. The summed E-state index contributed by atoms with van der Waals surface area (Å²) in [5.74, 6) is -0.372. The molecule has 6 nitrogen and oxygen atoms in total. The van der Waals surface area contributed by atoms with Crippen molar-refractivity contribution in [3.8, 4) is 0 Å². The molecule has 3 aromatic rings. The maximum Gasteiger partial charge on any atom is 0.271 e. The van der Waals surface area contributed by atoms with Crippen molar-refractivity contribution in [2.75, 3.05) is 10.6 Å². The van der Waals surface area contributed by atoms with Crippen LogP contribution >= 0.6 is 11.6 Å². The summed E-state index contributed by atoms with van der Waals surface area (Å²) in [6.07, 6.45) is 2.67. The molecule has 0 spiro atoms. The number of nitrogens with zero attached hydrogens (tertiary/aromatic N) is 2. The van der Waals surface area contributed by atoms with E-state index in [1.807, 2.05) is 12.1 Å². The lowest BCUT2D eigenvalue weighted by atomic mass is 10.1. The number of sulfonamides is 1. The second-order valence-corrected chi connectivity index (χ2v) is 8.90. The van der Waals surface area contributed by atoms with Crippen molar-refractivity contribution in [2.24, 2.45) is 5.10 Å². The SMILES string of the molecule is CS(=O)(=O)N(Cc1ccc(C(=O)N/N=C\c2cccc(Cl)c2)cc1)c1ccccc1. The van der Waals surface area contributed by atoms with E-state index in [1.165, 1.54) is 16.8 Å². The Hall–Kier alpha value is -3.16. The van der Waals surface area contributed by atoms with Gasteiger partial charge in [0.05, 0.1) is 24.7 Å². The zero-order chi connectivity index (χ0) is 21.6. The molecule has 0 heterocycles. The summed E-state index contributed by atoms with van der Waals surface area (Å²) in [4.78, 5) is 12.3. The summed E-state index contributed by atoms with van der Waals surface area (Å²) in [5.41, 5.74) is 4.97. The van der Waals surface area contributed by atoms with Crippen LogP contribution in [0.3, 0.4) is 0 Å². The molecule has 0 fully saturated rings. The van der Waals surface area contributed by atoms with E-state index in [1.54, 1.807) is 66.7 Å². The molecule has 3 rings (SSSR count). The van der Waals surface area contributed by atoms with Gasteiger partial charge >= 0.3 is 0 Å². The number of hydrazone groups is 1. The van der Waals surface area contributed by atoms with Gasteiger partial charge in [0.25, 0.3) is 5.91 Å². The van der Waals surface area contributed by atoms with E-state index in [-0.39, 0.29) is 12.5 Å². The Morgan fingerprint density at radius 1 is 1.03 bits per heavy atom.